The highest BCUT2D eigenvalue weighted by Crippen LogP contribution is 2.19. The quantitative estimate of drug-likeness (QED) is 0.741. The molecule has 0 saturated carbocycles. The van der Waals surface area contributed by atoms with E-state index in [0.29, 0.717) is 21.8 Å². The van der Waals surface area contributed by atoms with Crippen molar-refractivity contribution in [1.29, 1.82) is 0 Å². The van der Waals surface area contributed by atoms with Gasteiger partial charge in [0.15, 0.2) is 5.43 Å². The number of rotatable bonds is 4. The normalized spacial score (nSPS) is 10.9. The number of pyridine rings is 1. The van der Waals surface area contributed by atoms with Crippen LogP contribution in [0.3, 0.4) is 0 Å². The van der Waals surface area contributed by atoms with Crippen LogP contribution in [-0.2, 0) is 16.1 Å². The Morgan fingerprint density at radius 1 is 1.00 bits per heavy atom. The molecule has 3 aromatic rings. The second-order valence-electron chi connectivity index (χ2n) is 5.59. The minimum absolute atomic E-state index is 0.0366. The van der Waals surface area contributed by atoms with Gasteiger partial charge in [0, 0.05) is 17.8 Å². The third-order valence-corrected chi connectivity index (χ3v) is 3.97. The molecule has 2 aromatic carbocycles. The summed E-state index contributed by atoms with van der Waals surface area (Å²) in [6.45, 7) is -0.403. The van der Waals surface area contributed by atoms with E-state index in [-0.39, 0.29) is 24.4 Å². The van der Waals surface area contributed by atoms with Crippen molar-refractivity contribution < 1.29 is 14.7 Å². The number of carboxylic acids is 1. The number of amides is 1. The summed E-state index contributed by atoms with van der Waals surface area (Å²) in [6, 6.07) is 14.2. The Hall–Kier alpha value is -3.15. The lowest BCUT2D eigenvalue weighted by atomic mass is 10.1. The van der Waals surface area contributed by atoms with E-state index in [9.17, 15) is 14.4 Å². The number of carbonyl (C=O) groups excluding carboxylic acids is 1. The highest BCUT2D eigenvalue weighted by Gasteiger charge is 2.16. The van der Waals surface area contributed by atoms with Gasteiger partial charge >= 0.3 is 5.97 Å². The number of aliphatic carboxylic acids is 1. The van der Waals surface area contributed by atoms with Gasteiger partial charge in [-0.25, -0.2) is 0 Å². The molecular formula is C18H16N2O4. The fraction of sp³-hybridized carbons (Fsp3) is 0.167. The number of carboxylic acid groups (broad SMARTS) is 1. The van der Waals surface area contributed by atoms with E-state index in [2.05, 4.69) is 0 Å². The molecule has 0 spiro atoms. The monoisotopic (exact) mass is 324 g/mol. The number of carbonyl (C=O) groups is 2. The van der Waals surface area contributed by atoms with E-state index in [0.717, 1.165) is 4.90 Å². The van der Waals surface area contributed by atoms with E-state index in [4.69, 9.17) is 5.11 Å². The fourth-order valence-corrected chi connectivity index (χ4v) is 2.79. The van der Waals surface area contributed by atoms with Crippen molar-refractivity contribution >= 4 is 33.7 Å². The van der Waals surface area contributed by atoms with Crippen LogP contribution in [0.5, 0.6) is 0 Å². The summed E-state index contributed by atoms with van der Waals surface area (Å²) in [5.74, 6) is -1.41. The van der Waals surface area contributed by atoms with Gasteiger partial charge in [-0.1, -0.05) is 24.3 Å². The number of benzene rings is 2. The Balaban J connectivity index is 2.18. The first-order valence-corrected chi connectivity index (χ1v) is 7.45. The number of para-hydroxylation sites is 2. The summed E-state index contributed by atoms with van der Waals surface area (Å²) in [4.78, 5) is 37.0. The molecular weight excluding hydrogens is 308 g/mol. The zero-order valence-corrected chi connectivity index (χ0v) is 13.1. The molecule has 1 aromatic heterocycles. The zero-order chi connectivity index (χ0) is 17.3. The molecule has 1 heterocycles. The van der Waals surface area contributed by atoms with Gasteiger partial charge in [-0.3, -0.25) is 14.4 Å². The Morgan fingerprint density at radius 2 is 1.50 bits per heavy atom. The number of aromatic nitrogens is 1. The van der Waals surface area contributed by atoms with Crippen molar-refractivity contribution in [1.82, 2.24) is 9.47 Å². The molecule has 0 aliphatic carbocycles. The van der Waals surface area contributed by atoms with Crippen LogP contribution in [0.25, 0.3) is 21.8 Å². The number of fused-ring (bicyclic) bond motifs is 2. The molecule has 0 bridgehead atoms. The highest BCUT2D eigenvalue weighted by molar-refractivity contribution is 5.95. The molecule has 0 aliphatic rings. The van der Waals surface area contributed by atoms with Crippen LogP contribution >= 0.6 is 0 Å². The summed E-state index contributed by atoms with van der Waals surface area (Å²) in [7, 11) is 1.45. The van der Waals surface area contributed by atoms with Crippen LogP contribution in [0.1, 0.15) is 0 Å². The van der Waals surface area contributed by atoms with Gasteiger partial charge in [-0.05, 0) is 24.3 Å². The third-order valence-electron chi connectivity index (χ3n) is 3.97. The van der Waals surface area contributed by atoms with E-state index in [1.807, 2.05) is 0 Å². The minimum Gasteiger partial charge on any atom is -0.480 e. The van der Waals surface area contributed by atoms with Crippen molar-refractivity contribution in [2.45, 2.75) is 6.54 Å². The lowest BCUT2D eigenvalue weighted by Gasteiger charge is -2.19. The molecule has 3 rings (SSSR count). The predicted molar refractivity (Wildman–Crippen MR) is 91.0 cm³/mol. The van der Waals surface area contributed by atoms with Crippen molar-refractivity contribution in [3.8, 4) is 0 Å². The molecule has 0 fully saturated rings. The number of hydrogen-bond donors (Lipinski definition) is 1. The van der Waals surface area contributed by atoms with Crippen LogP contribution in [0.15, 0.2) is 53.3 Å². The molecule has 6 heteroatoms. The summed E-state index contributed by atoms with van der Waals surface area (Å²) in [5, 5.41) is 9.90. The van der Waals surface area contributed by atoms with Crippen LogP contribution in [0, 0.1) is 0 Å². The molecule has 6 nitrogen and oxygen atoms in total. The second kappa shape index (κ2) is 6.16. The maximum absolute atomic E-state index is 12.6. The minimum atomic E-state index is -1.07. The molecule has 0 radical (unpaired) electrons. The Morgan fingerprint density at radius 3 is 2.00 bits per heavy atom. The van der Waals surface area contributed by atoms with Crippen LogP contribution in [-0.4, -0.2) is 40.0 Å². The molecule has 122 valence electrons. The fourth-order valence-electron chi connectivity index (χ4n) is 2.79. The Kier molecular flexibility index (Phi) is 4.04. The van der Waals surface area contributed by atoms with Gasteiger partial charge in [0.05, 0.1) is 11.0 Å². The number of likely N-dealkylation sites (N-methyl/N-ethyl adjacent to an activating group) is 1. The summed E-state index contributed by atoms with van der Waals surface area (Å²) < 4.78 is 1.76. The smallest absolute Gasteiger partial charge is 0.323 e. The van der Waals surface area contributed by atoms with Crippen molar-refractivity contribution in [2.75, 3.05) is 13.6 Å². The van der Waals surface area contributed by atoms with E-state index < -0.39 is 5.97 Å². The first-order valence-electron chi connectivity index (χ1n) is 7.45. The molecule has 0 atom stereocenters. The molecule has 0 unspecified atom stereocenters. The lowest BCUT2D eigenvalue weighted by molar-refractivity contribution is -0.143. The average Bonchev–Trinajstić information content (AvgIpc) is 2.58. The van der Waals surface area contributed by atoms with Gasteiger partial charge in [-0.2, -0.15) is 0 Å². The van der Waals surface area contributed by atoms with Crippen molar-refractivity contribution in [2.24, 2.45) is 0 Å². The summed E-state index contributed by atoms with van der Waals surface area (Å²) >= 11 is 0. The van der Waals surface area contributed by atoms with Gasteiger partial charge in [0.2, 0.25) is 5.91 Å². The predicted octanol–water partition coefficient (Wildman–Crippen LogP) is 1.70. The molecule has 0 aliphatic heterocycles. The molecule has 24 heavy (non-hydrogen) atoms. The topological polar surface area (TPSA) is 79.6 Å². The molecule has 0 saturated heterocycles. The standard InChI is InChI=1S/C18H16N2O4/c1-19(11-17(22)23)16(21)10-20-14-8-4-2-6-12(14)18(24)13-7-3-5-9-15(13)20/h2-9H,10-11H2,1H3,(H,22,23). The van der Waals surface area contributed by atoms with Crippen LogP contribution in [0.2, 0.25) is 0 Å². The summed E-state index contributed by atoms with van der Waals surface area (Å²) in [5.41, 5.74) is 1.22. The average molecular weight is 324 g/mol. The largest absolute Gasteiger partial charge is 0.480 e. The lowest BCUT2D eigenvalue weighted by Crippen LogP contribution is -2.34. The SMILES string of the molecule is CN(CC(=O)O)C(=O)Cn1c2ccccc2c(=O)c2ccccc21. The van der Waals surface area contributed by atoms with Gasteiger partial charge < -0.3 is 14.6 Å². The Bertz CT molecular complexity index is 947. The third kappa shape index (κ3) is 2.74. The van der Waals surface area contributed by atoms with Crippen LogP contribution < -0.4 is 5.43 Å². The van der Waals surface area contributed by atoms with Crippen LogP contribution in [0.4, 0.5) is 0 Å². The van der Waals surface area contributed by atoms with Crippen molar-refractivity contribution in [3.05, 3.63) is 58.8 Å². The number of hydrogen-bond acceptors (Lipinski definition) is 3. The Labute approximate surface area is 137 Å². The highest BCUT2D eigenvalue weighted by atomic mass is 16.4. The van der Waals surface area contributed by atoms with Gasteiger partial charge in [0.1, 0.15) is 13.1 Å². The zero-order valence-electron chi connectivity index (χ0n) is 13.1. The summed E-state index contributed by atoms with van der Waals surface area (Å²) in [6.07, 6.45) is 0. The molecule has 1 N–H and O–H groups in total. The first-order chi connectivity index (χ1) is 11.5. The van der Waals surface area contributed by atoms with Crippen molar-refractivity contribution in [3.63, 3.8) is 0 Å². The maximum Gasteiger partial charge on any atom is 0.323 e. The second-order valence-corrected chi connectivity index (χ2v) is 5.59. The van der Waals surface area contributed by atoms with Gasteiger partial charge in [0.25, 0.3) is 0 Å². The van der Waals surface area contributed by atoms with E-state index in [1.54, 1.807) is 53.1 Å². The first kappa shape index (κ1) is 15.7. The number of nitrogens with zero attached hydrogens (tertiary/aromatic N) is 2. The maximum atomic E-state index is 12.6. The van der Waals surface area contributed by atoms with E-state index in [1.165, 1.54) is 7.05 Å². The molecule has 1 amide bonds. The van der Waals surface area contributed by atoms with Gasteiger partial charge in [-0.15, -0.1) is 0 Å². The van der Waals surface area contributed by atoms with E-state index >= 15 is 0 Å².